The molecule has 2 aromatic carbocycles. The minimum Gasteiger partial charge on any atom is -0.504 e. The second-order valence-corrected chi connectivity index (χ2v) is 6.69. The number of phenols is 1. The monoisotopic (exact) mass is 329 g/mol. The largest absolute Gasteiger partial charge is 0.504 e. The van der Waals surface area contributed by atoms with Crippen molar-refractivity contribution in [3.63, 3.8) is 0 Å². The molecule has 0 aliphatic carbocycles. The van der Waals surface area contributed by atoms with Crippen LogP contribution in [0.15, 0.2) is 42.5 Å². The summed E-state index contributed by atoms with van der Waals surface area (Å²) in [5.41, 5.74) is 0.595. The van der Waals surface area contributed by atoms with Gasteiger partial charge in [0, 0.05) is 6.07 Å². The number of aryl methyl sites for hydroxylation is 1. The second-order valence-electron chi connectivity index (χ2n) is 4.44. The number of benzene rings is 2. The smallest absolute Gasteiger partial charge is 0.233 e. The minimum absolute atomic E-state index is 0.190. The first-order valence-electron chi connectivity index (χ1n) is 6.10. The fourth-order valence-electron chi connectivity index (χ4n) is 1.76. The molecule has 0 amide bonds. The van der Waals surface area contributed by atoms with Gasteiger partial charge in [0.2, 0.25) is 10.0 Å². The number of hydrogen-bond acceptors (Lipinski definition) is 3. The first kappa shape index (κ1) is 15.6. The van der Waals surface area contributed by atoms with Crippen molar-refractivity contribution in [3.05, 3.63) is 58.9 Å². The van der Waals surface area contributed by atoms with Crippen molar-refractivity contribution in [2.24, 2.45) is 0 Å². The van der Waals surface area contributed by atoms with Crippen LogP contribution in [0.25, 0.3) is 0 Å². The fourth-order valence-corrected chi connectivity index (χ4v) is 3.06. The van der Waals surface area contributed by atoms with Crippen molar-refractivity contribution in [1.82, 2.24) is 0 Å². The Bertz CT molecular complexity index is 735. The zero-order chi connectivity index (χ0) is 15.5. The van der Waals surface area contributed by atoms with Crippen molar-refractivity contribution in [2.45, 2.75) is 6.42 Å². The number of phenolic OH excluding ortho intramolecular Hbond substituents is 1. The topological polar surface area (TPSA) is 66.4 Å². The van der Waals surface area contributed by atoms with Crippen molar-refractivity contribution >= 4 is 27.3 Å². The van der Waals surface area contributed by atoms with Gasteiger partial charge in [0.1, 0.15) is 5.82 Å². The van der Waals surface area contributed by atoms with Crippen LogP contribution in [0, 0.1) is 5.82 Å². The van der Waals surface area contributed by atoms with Gasteiger partial charge in [0.05, 0.1) is 16.5 Å². The normalized spacial score (nSPS) is 11.3. The number of sulfonamides is 1. The predicted octanol–water partition coefficient (Wildman–Crippen LogP) is 3.17. The van der Waals surface area contributed by atoms with E-state index in [9.17, 15) is 17.9 Å². The number of hydrogen-bond donors (Lipinski definition) is 2. The van der Waals surface area contributed by atoms with Gasteiger partial charge in [-0.3, -0.25) is 4.72 Å². The van der Waals surface area contributed by atoms with Crippen molar-refractivity contribution in [3.8, 4) is 5.75 Å². The highest BCUT2D eigenvalue weighted by atomic mass is 35.5. The summed E-state index contributed by atoms with van der Waals surface area (Å²) in [5, 5.41) is 9.39. The van der Waals surface area contributed by atoms with Crippen LogP contribution in [0.4, 0.5) is 10.1 Å². The molecule has 0 bridgehead atoms. The molecule has 0 aliphatic rings. The van der Waals surface area contributed by atoms with Gasteiger partial charge in [0.15, 0.2) is 5.75 Å². The predicted molar refractivity (Wildman–Crippen MR) is 80.6 cm³/mol. The molecule has 2 aromatic rings. The second kappa shape index (κ2) is 6.32. The molecule has 0 atom stereocenters. The maximum absolute atomic E-state index is 13.2. The third kappa shape index (κ3) is 4.34. The van der Waals surface area contributed by atoms with E-state index in [2.05, 4.69) is 4.72 Å². The molecule has 2 rings (SSSR count). The number of aromatic hydroxyl groups is 1. The van der Waals surface area contributed by atoms with Crippen molar-refractivity contribution < 1.29 is 17.9 Å². The van der Waals surface area contributed by atoms with Gasteiger partial charge in [-0.05, 0) is 18.1 Å². The molecule has 0 heterocycles. The molecule has 112 valence electrons. The molecule has 0 aliphatic heterocycles. The lowest BCUT2D eigenvalue weighted by Crippen LogP contribution is -2.18. The molecule has 0 spiro atoms. The van der Waals surface area contributed by atoms with E-state index in [1.165, 1.54) is 0 Å². The van der Waals surface area contributed by atoms with Gasteiger partial charge in [-0.1, -0.05) is 41.9 Å². The third-order valence-electron chi connectivity index (χ3n) is 2.80. The van der Waals surface area contributed by atoms with Crippen LogP contribution in [-0.2, 0) is 16.4 Å². The van der Waals surface area contributed by atoms with Crippen LogP contribution in [0.5, 0.6) is 5.75 Å². The van der Waals surface area contributed by atoms with Crippen LogP contribution in [-0.4, -0.2) is 19.3 Å². The Morgan fingerprint density at radius 2 is 1.86 bits per heavy atom. The lowest BCUT2D eigenvalue weighted by molar-refractivity contribution is 0.476. The first-order valence-corrected chi connectivity index (χ1v) is 8.13. The standard InChI is InChI=1S/C14H13ClFNO3S/c15-12-8-11(16)9-13(14(12)18)17-21(19,20)7-6-10-4-2-1-3-5-10/h1-5,8-9,17-18H,6-7H2. The quantitative estimate of drug-likeness (QED) is 0.828. The summed E-state index contributed by atoms with van der Waals surface area (Å²) in [6.07, 6.45) is 0.306. The Hall–Kier alpha value is -1.79. The van der Waals surface area contributed by atoms with Crippen LogP contribution >= 0.6 is 11.6 Å². The number of anilines is 1. The summed E-state index contributed by atoms with van der Waals surface area (Å²) in [7, 11) is -3.72. The van der Waals surface area contributed by atoms with E-state index in [1.54, 1.807) is 0 Å². The van der Waals surface area contributed by atoms with E-state index in [4.69, 9.17) is 11.6 Å². The van der Waals surface area contributed by atoms with E-state index < -0.39 is 21.6 Å². The van der Waals surface area contributed by atoms with E-state index in [0.717, 1.165) is 17.7 Å². The van der Waals surface area contributed by atoms with E-state index in [-0.39, 0.29) is 16.5 Å². The summed E-state index contributed by atoms with van der Waals surface area (Å²) < 4.78 is 39.3. The lowest BCUT2D eigenvalue weighted by atomic mass is 10.2. The summed E-state index contributed by atoms with van der Waals surface area (Å²) in [5.74, 6) is -1.43. The van der Waals surface area contributed by atoms with Crippen LogP contribution < -0.4 is 4.72 Å². The Labute approximate surface area is 127 Å². The third-order valence-corrected chi connectivity index (χ3v) is 4.36. The maximum Gasteiger partial charge on any atom is 0.233 e. The first-order chi connectivity index (χ1) is 9.87. The molecule has 0 radical (unpaired) electrons. The van der Waals surface area contributed by atoms with E-state index in [1.807, 2.05) is 30.3 Å². The molecule has 2 N–H and O–H groups in total. The van der Waals surface area contributed by atoms with Crippen molar-refractivity contribution in [2.75, 3.05) is 10.5 Å². The SMILES string of the molecule is O=S(=O)(CCc1ccccc1)Nc1cc(F)cc(Cl)c1O. The van der Waals surface area contributed by atoms with E-state index in [0.29, 0.717) is 6.42 Å². The van der Waals surface area contributed by atoms with E-state index >= 15 is 0 Å². The molecule has 7 heteroatoms. The highest BCUT2D eigenvalue weighted by Gasteiger charge is 2.16. The summed E-state index contributed by atoms with van der Waals surface area (Å²) in [4.78, 5) is 0. The average molecular weight is 330 g/mol. The summed E-state index contributed by atoms with van der Waals surface area (Å²) in [6, 6.07) is 10.9. The maximum atomic E-state index is 13.2. The van der Waals surface area contributed by atoms with Gasteiger partial charge >= 0.3 is 0 Å². The zero-order valence-electron chi connectivity index (χ0n) is 10.9. The van der Waals surface area contributed by atoms with Crippen LogP contribution in [0.1, 0.15) is 5.56 Å². The summed E-state index contributed by atoms with van der Waals surface area (Å²) in [6.45, 7) is 0. The Kier molecular flexibility index (Phi) is 4.69. The van der Waals surface area contributed by atoms with Gasteiger partial charge in [-0.2, -0.15) is 0 Å². The Morgan fingerprint density at radius 1 is 1.19 bits per heavy atom. The van der Waals surface area contributed by atoms with Crippen molar-refractivity contribution in [1.29, 1.82) is 0 Å². The average Bonchev–Trinajstić information content (AvgIpc) is 2.43. The molecular formula is C14H13ClFNO3S. The van der Waals surface area contributed by atoms with Crippen LogP contribution in [0.2, 0.25) is 5.02 Å². The molecule has 0 saturated carbocycles. The highest BCUT2D eigenvalue weighted by molar-refractivity contribution is 7.92. The minimum atomic E-state index is -3.72. The number of nitrogens with one attached hydrogen (secondary N) is 1. The molecule has 0 fully saturated rings. The molecule has 0 unspecified atom stereocenters. The van der Waals surface area contributed by atoms with Gasteiger partial charge in [-0.15, -0.1) is 0 Å². The Morgan fingerprint density at radius 3 is 2.52 bits per heavy atom. The number of halogens is 2. The lowest BCUT2D eigenvalue weighted by Gasteiger charge is -2.10. The molecule has 0 saturated heterocycles. The summed E-state index contributed by atoms with van der Waals surface area (Å²) >= 11 is 5.60. The molecule has 4 nitrogen and oxygen atoms in total. The fraction of sp³-hybridized carbons (Fsp3) is 0.143. The van der Waals surface area contributed by atoms with Crippen LogP contribution in [0.3, 0.4) is 0 Å². The zero-order valence-corrected chi connectivity index (χ0v) is 12.5. The van der Waals surface area contributed by atoms with Gasteiger partial charge in [-0.25, -0.2) is 12.8 Å². The molecule has 21 heavy (non-hydrogen) atoms. The highest BCUT2D eigenvalue weighted by Crippen LogP contribution is 2.33. The van der Waals surface area contributed by atoms with Gasteiger partial charge in [0.25, 0.3) is 0 Å². The number of rotatable bonds is 5. The molecular weight excluding hydrogens is 317 g/mol. The Balaban J connectivity index is 2.11. The van der Waals surface area contributed by atoms with Gasteiger partial charge < -0.3 is 5.11 Å². The molecule has 0 aromatic heterocycles.